The van der Waals surface area contributed by atoms with Crippen LogP contribution in [0.25, 0.3) is 0 Å². The lowest BCUT2D eigenvalue weighted by Gasteiger charge is -2.00. The smallest absolute Gasteiger partial charge is 0.287 e. The standard InChI is InChI=1S/C12H15N3O3S/c1-15-6-4-14-12(15)19-8-9-2-3-10(18-9)11(17)13-5-7-16/h2-4,6,16H,5,7-8H2,1H3,(H,13,17). The third kappa shape index (κ3) is 3.62. The zero-order valence-corrected chi connectivity index (χ0v) is 11.3. The Morgan fingerprint density at radius 3 is 3.11 bits per heavy atom. The minimum atomic E-state index is -0.317. The summed E-state index contributed by atoms with van der Waals surface area (Å²) in [6.45, 7) is 0.130. The molecule has 0 saturated carbocycles. The molecule has 19 heavy (non-hydrogen) atoms. The van der Waals surface area contributed by atoms with Gasteiger partial charge in [-0.25, -0.2) is 4.98 Å². The van der Waals surface area contributed by atoms with Crippen LogP contribution in [0.5, 0.6) is 0 Å². The first kappa shape index (κ1) is 13.7. The number of nitrogens with one attached hydrogen (secondary N) is 1. The molecule has 0 saturated heterocycles. The van der Waals surface area contributed by atoms with Crippen LogP contribution in [-0.4, -0.2) is 33.7 Å². The summed E-state index contributed by atoms with van der Waals surface area (Å²) < 4.78 is 7.35. The fraction of sp³-hybridized carbons (Fsp3) is 0.333. The molecule has 0 bridgehead atoms. The summed E-state index contributed by atoms with van der Waals surface area (Å²) in [7, 11) is 1.92. The van der Waals surface area contributed by atoms with Crippen molar-refractivity contribution < 1.29 is 14.3 Å². The third-order valence-corrected chi connectivity index (χ3v) is 3.48. The average molecular weight is 281 g/mol. The maximum absolute atomic E-state index is 11.6. The van der Waals surface area contributed by atoms with Crippen molar-refractivity contribution in [1.29, 1.82) is 0 Å². The Balaban J connectivity index is 1.90. The van der Waals surface area contributed by atoms with Crippen LogP contribution in [0.2, 0.25) is 0 Å². The van der Waals surface area contributed by atoms with E-state index in [0.29, 0.717) is 11.5 Å². The van der Waals surface area contributed by atoms with E-state index in [-0.39, 0.29) is 24.8 Å². The number of imidazole rings is 1. The van der Waals surface area contributed by atoms with Gasteiger partial charge in [-0.05, 0) is 12.1 Å². The van der Waals surface area contributed by atoms with Crippen molar-refractivity contribution in [2.75, 3.05) is 13.2 Å². The Hall–Kier alpha value is -1.73. The highest BCUT2D eigenvalue weighted by molar-refractivity contribution is 7.98. The summed E-state index contributed by atoms with van der Waals surface area (Å²) in [6.07, 6.45) is 3.61. The van der Waals surface area contributed by atoms with Gasteiger partial charge in [-0.15, -0.1) is 0 Å². The first-order valence-electron chi connectivity index (χ1n) is 5.78. The van der Waals surface area contributed by atoms with Crippen LogP contribution < -0.4 is 5.32 Å². The van der Waals surface area contributed by atoms with Gasteiger partial charge >= 0.3 is 0 Å². The lowest BCUT2D eigenvalue weighted by Crippen LogP contribution is -2.25. The predicted molar refractivity (Wildman–Crippen MR) is 70.9 cm³/mol. The molecule has 2 rings (SSSR count). The van der Waals surface area contributed by atoms with E-state index in [0.717, 1.165) is 5.16 Å². The van der Waals surface area contributed by atoms with Crippen molar-refractivity contribution in [1.82, 2.24) is 14.9 Å². The Morgan fingerprint density at radius 2 is 2.42 bits per heavy atom. The second-order valence-electron chi connectivity index (χ2n) is 3.85. The maximum atomic E-state index is 11.6. The maximum Gasteiger partial charge on any atom is 0.287 e. The second kappa shape index (κ2) is 6.44. The van der Waals surface area contributed by atoms with Crippen LogP contribution in [0.1, 0.15) is 16.3 Å². The number of carbonyl (C=O) groups excluding carboxylic acids is 1. The Kier molecular flexibility index (Phi) is 4.64. The highest BCUT2D eigenvalue weighted by Gasteiger charge is 2.11. The topological polar surface area (TPSA) is 80.3 Å². The monoisotopic (exact) mass is 281 g/mol. The van der Waals surface area contributed by atoms with E-state index in [1.54, 1.807) is 18.3 Å². The molecule has 2 aromatic heterocycles. The Bertz CT molecular complexity index is 550. The number of aryl methyl sites for hydroxylation is 1. The Morgan fingerprint density at radius 1 is 1.58 bits per heavy atom. The number of hydrogen-bond acceptors (Lipinski definition) is 5. The summed E-state index contributed by atoms with van der Waals surface area (Å²) in [5, 5.41) is 12.1. The minimum Gasteiger partial charge on any atom is -0.455 e. The van der Waals surface area contributed by atoms with Crippen molar-refractivity contribution in [3.8, 4) is 0 Å². The number of hydrogen-bond donors (Lipinski definition) is 2. The summed E-state index contributed by atoms with van der Waals surface area (Å²) in [4.78, 5) is 15.8. The number of rotatable bonds is 6. The number of aromatic nitrogens is 2. The van der Waals surface area contributed by atoms with Gasteiger partial charge in [-0.1, -0.05) is 11.8 Å². The quantitative estimate of drug-likeness (QED) is 0.773. The third-order valence-electron chi connectivity index (χ3n) is 2.40. The number of nitrogens with zero attached hydrogens (tertiary/aromatic N) is 2. The van der Waals surface area contributed by atoms with Gasteiger partial charge in [0, 0.05) is 26.0 Å². The van der Waals surface area contributed by atoms with E-state index in [1.165, 1.54) is 11.8 Å². The van der Waals surface area contributed by atoms with Crippen molar-refractivity contribution in [3.05, 3.63) is 36.0 Å². The number of aliphatic hydroxyl groups is 1. The van der Waals surface area contributed by atoms with E-state index in [1.807, 2.05) is 17.8 Å². The second-order valence-corrected chi connectivity index (χ2v) is 4.80. The fourth-order valence-corrected chi connectivity index (χ4v) is 2.29. The van der Waals surface area contributed by atoms with Gasteiger partial charge < -0.3 is 19.4 Å². The molecule has 2 N–H and O–H groups in total. The first-order valence-corrected chi connectivity index (χ1v) is 6.77. The number of aliphatic hydroxyl groups excluding tert-OH is 1. The molecule has 2 aromatic rings. The van der Waals surface area contributed by atoms with Crippen LogP contribution in [0.3, 0.4) is 0 Å². The molecule has 7 heteroatoms. The van der Waals surface area contributed by atoms with Crippen molar-refractivity contribution in [2.45, 2.75) is 10.9 Å². The predicted octanol–water partition coefficient (Wildman–Crippen LogP) is 1.03. The van der Waals surface area contributed by atoms with E-state index in [4.69, 9.17) is 9.52 Å². The molecule has 0 unspecified atom stereocenters. The number of amides is 1. The summed E-state index contributed by atoms with van der Waals surface area (Å²) in [5.41, 5.74) is 0. The minimum absolute atomic E-state index is 0.0890. The molecule has 0 atom stereocenters. The lowest BCUT2D eigenvalue weighted by atomic mass is 10.4. The molecule has 102 valence electrons. The van der Waals surface area contributed by atoms with Gasteiger partial charge in [0.05, 0.1) is 12.4 Å². The van der Waals surface area contributed by atoms with E-state index < -0.39 is 0 Å². The van der Waals surface area contributed by atoms with E-state index in [2.05, 4.69) is 10.3 Å². The lowest BCUT2D eigenvalue weighted by molar-refractivity contribution is 0.0915. The normalized spacial score (nSPS) is 10.6. The van der Waals surface area contributed by atoms with Crippen LogP contribution in [0.4, 0.5) is 0 Å². The van der Waals surface area contributed by atoms with Crippen molar-refractivity contribution in [3.63, 3.8) is 0 Å². The van der Waals surface area contributed by atoms with Crippen LogP contribution in [0, 0.1) is 0 Å². The largest absolute Gasteiger partial charge is 0.455 e. The molecular formula is C12H15N3O3S. The molecule has 0 aliphatic rings. The number of furan rings is 1. The first-order chi connectivity index (χ1) is 9.20. The van der Waals surface area contributed by atoms with Gasteiger partial charge in [0.25, 0.3) is 5.91 Å². The molecular weight excluding hydrogens is 266 g/mol. The Labute approximate surface area is 114 Å². The number of carbonyl (C=O) groups is 1. The summed E-state index contributed by atoms with van der Waals surface area (Å²) in [6, 6.07) is 3.39. The molecule has 6 nitrogen and oxygen atoms in total. The molecule has 0 aromatic carbocycles. The molecule has 0 aliphatic heterocycles. The molecule has 0 radical (unpaired) electrons. The van der Waals surface area contributed by atoms with Crippen molar-refractivity contribution in [2.24, 2.45) is 7.05 Å². The zero-order valence-electron chi connectivity index (χ0n) is 10.5. The molecule has 1 amide bonds. The van der Waals surface area contributed by atoms with Crippen LogP contribution >= 0.6 is 11.8 Å². The summed E-state index contributed by atoms with van der Waals surface area (Å²) in [5.74, 6) is 1.26. The molecule has 0 spiro atoms. The highest BCUT2D eigenvalue weighted by Crippen LogP contribution is 2.21. The van der Waals surface area contributed by atoms with Crippen LogP contribution in [-0.2, 0) is 12.8 Å². The SMILES string of the molecule is Cn1ccnc1SCc1ccc(C(=O)NCCO)o1. The molecule has 0 fully saturated rings. The fourth-order valence-electron chi connectivity index (χ4n) is 1.46. The average Bonchev–Trinajstić information content (AvgIpc) is 3.02. The highest BCUT2D eigenvalue weighted by atomic mass is 32.2. The van der Waals surface area contributed by atoms with Gasteiger partial charge in [-0.2, -0.15) is 0 Å². The number of thioether (sulfide) groups is 1. The van der Waals surface area contributed by atoms with Gasteiger partial charge in [0.1, 0.15) is 5.76 Å². The van der Waals surface area contributed by atoms with Gasteiger partial charge in [0.15, 0.2) is 10.9 Å². The van der Waals surface area contributed by atoms with Crippen molar-refractivity contribution >= 4 is 17.7 Å². The zero-order chi connectivity index (χ0) is 13.7. The van der Waals surface area contributed by atoms with E-state index in [9.17, 15) is 4.79 Å². The molecule has 0 aliphatic carbocycles. The van der Waals surface area contributed by atoms with Crippen LogP contribution in [0.15, 0.2) is 34.1 Å². The summed E-state index contributed by atoms with van der Waals surface area (Å²) >= 11 is 1.54. The van der Waals surface area contributed by atoms with Gasteiger partial charge in [-0.3, -0.25) is 4.79 Å². The van der Waals surface area contributed by atoms with Gasteiger partial charge in [0.2, 0.25) is 0 Å². The molecule has 2 heterocycles. The van der Waals surface area contributed by atoms with E-state index >= 15 is 0 Å².